The van der Waals surface area contributed by atoms with Gasteiger partial charge in [-0.2, -0.15) is 0 Å². The number of nitrogens with one attached hydrogen (secondary N) is 1. The van der Waals surface area contributed by atoms with E-state index in [2.05, 4.69) is 5.32 Å². The van der Waals surface area contributed by atoms with Crippen LogP contribution in [0.3, 0.4) is 0 Å². The van der Waals surface area contributed by atoms with Crippen molar-refractivity contribution >= 4 is 18.3 Å². The van der Waals surface area contributed by atoms with Crippen molar-refractivity contribution in [3.8, 4) is 17.2 Å². The third-order valence-electron chi connectivity index (χ3n) is 3.44. The SMILES string of the molecule is COc1cc(OC)cc(OCCCNC(=O)C2(N)CC2)c1.Cl. The predicted octanol–water partition coefficient (Wildman–Crippen LogP) is 1.50. The minimum absolute atomic E-state index is 0. The van der Waals surface area contributed by atoms with E-state index in [1.807, 2.05) is 0 Å². The molecule has 124 valence electrons. The van der Waals surface area contributed by atoms with Gasteiger partial charge in [0.1, 0.15) is 17.2 Å². The molecule has 1 fully saturated rings. The summed E-state index contributed by atoms with van der Waals surface area (Å²) in [5.74, 6) is 1.97. The van der Waals surface area contributed by atoms with Crippen molar-refractivity contribution in [1.82, 2.24) is 5.32 Å². The Morgan fingerprint density at radius 3 is 2.23 bits per heavy atom. The Morgan fingerprint density at radius 1 is 1.18 bits per heavy atom. The van der Waals surface area contributed by atoms with Gasteiger partial charge in [-0.1, -0.05) is 0 Å². The molecule has 0 spiro atoms. The number of hydrogen-bond acceptors (Lipinski definition) is 5. The highest BCUT2D eigenvalue weighted by atomic mass is 35.5. The molecule has 3 N–H and O–H groups in total. The fourth-order valence-corrected chi connectivity index (χ4v) is 1.87. The maximum atomic E-state index is 11.6. The maximum Gasteiger partial charge on any atom is 0.240 e. The summed E-state index contributed by atoms with van der Waals surface area (Å²) in [7, 11) is 3.18. The summed E-state index contributed by atoms with van der Waals surface area (Å²) in [4.78, 5) is 11.6. The first kappa shape index (κ1) is 18.4. The fourth-order valence-electron chi connectivity index (χ4n) is 1.87. The normalized spacial score (nSPS) is 14.5. The third kappa shape index (κ3) is 4.96. The standard InChI is InChI=1S/C15H22N2O4.ClH/c1-19-11-8-12(20-2)10-13(9-11)21-7-3-6-17-14(18)15(16)4-5-15;/h8-10H,3-7,16H2,1-2H3,(H,17,18);1H. The molecular formula is C15H23ClN2O4. The zero-order chi connectivity index (χ0) is 15.3. The molecule has 0 aliphatic heterocycles. The van der Waals surface area contributed by atoms with E-state index in [9.17, 15) is 4.79 Å². The molecule has 1 saturated carbocycles. The molecule has 6 nitrogen and oxygen atoms in total. The van der Waals surface area contributed by atoms with Gasteiger partial charge in [0.15, 0.2) is 0 Å². The second kappa shape index (κ2) is 8.10. The average Bonchev–Trinajstić information content (AvgIpc) is 3.25. The largest absolute Gasteiger partial charge is 0.496 e. The van der Waals surface area contributed by atoms with Crippen molar-refractivity contribution < 1.29 is 19.0 Å². The van der Waals surface area contributed by atoms with Gasteiger partial charge >= 0.3 is 0 Å². The van der Waals surface area contributed by atoms with Crippen molar-refractivity contribution in [2.24, 2.45) is 5.73 Å². The Morgan fingerprint density at radius 2 is 1.73 bits per heavy atom. The summed E-state index contributed by atoms with van der Waals surface area (Å²) in [5.41, 5.74) is 5.18. The van der Waals surface area contributed by atoms with Crippen LogP contribution in [-0.4, -0.2) is 38.8 Å². The van der Waals surface area contributed by atoms with Crippen LogP contribution in [0.4, 0.5) is 0 Å². The van der Waals surface area contributed by atoms with Crippen molar-refractivity contribution in [3.05, 3.63) is 18.2 Å². The highest BCUT2D eigenvalue weighted by molar-refractivity contribution is 5.88. The van der Waals surface area contributed by atoms with Crippen LogP contribution < -0.4 is 25.3 Å². The van der Waals surface area contributed by atoms with Gasteiger partial charge in [-0.3, -0.25) is 4.79 Å². The first-order valence-electron chi connectivity index (χ1n) is 7.00. The summed E-state index contributed by atoms with van der Waals surface area (Å²) in [6, 6.07) is 5.36. The van der Waals surface area contributed by atoms with Gasteiger partial charge in [-0.25, -0.2) is 0 Å². The van der Waals surface area contributed by atoms with Gasteiger partial charge in [-0.15, -0.1) is 12.4 Å². The Labute approximate surface area is 136 Å². The van der Waals surface area contributed by atoms with E-state index in [-0.39, 0.29) is 18.3 Å². The van der Waals surface area contributed by atoms with E-state index in [0.29, 0.717) is 36.8 Å². The van der Waals surface area contributed by atoms with E-state index in [1.165, 1.54) is 0 Å². The molecule has 22 heavy (non-hydrogen) atoms. The summed E-state index contributed by atoms with van der Waals surface area (Å²) < 4.78 is 16.0. The molecule has 1 aliphatic carbocycles. The lowest BCUT2D eigenvalue weighted by Gasteiger charge is -2.12. The molecule has 0 saturated heterocycles. The van der Waals surface area contributed by atoms with E-state index in [4.69, 9.17) is 19.9 Å². The van der Waals surface area contributed by atoms with Crippen LogP contribution in [0.25, 0.3) is 0 Å². The van der Waals surface area contributed by atoms with E-state index < -0.39 is 5.54 Å². The second-order valence-corrected chi connectivity index (χ2v) is 5.16. The number of methoxy groups -OCH3 is 2. The minimum atomic E-state index is -0.610. The number of benzene rings is 1. The molecule has 2 rings (SSSR count). The van der Waals surface area contributed by atoms with Crippen molar-refractivity contribution in [2.75, 3.05) is 27.4 Å². The number of rotatable bonds is 8. The lowest BCUT2D eigenvalue weighted by atomic mass is 10.2. The highest BCUT2D eigenvalue weighted by Gasteiger charge is 2.45. The number of halogens is 1. The van der Waals surface area contributed by atoms with Crippen LogP contribution in [0.2, 0.25) is 0 Å². The number of carbonyl (C=O) groups is 1. The van der Waals surface area contributed by atoms with Crippen LogP contribution in [0.15, 0.2) is 18.2 Å². The smallest absolute Gasteiger partial charge is 0.240 e. The Bertz CT molecular complexity index is 484. The summed E-state index contributed by atoms with van der Waals surface area (Å²) >= 11 is 0. The fraction of sp³-hybridized carbons (Fsp3) is 0.533. The van der Waals surface area contributed by atoms with Crippen LogP contribution in [0.5, 0.6) is 17.2 Å². The Hall–Kier alpha value is -1.66. The Balaban J connectivity index is 0.00000242. The average molecular weight is 331 g/mol. The third-order valence-corrected chi connectivity index (χ3v) is 3.44. The molecule has 1 amide bonds. The maximum absolute atomic E-state index is 11.6. The zero-order valence-electron chi connectivity index (χ0n) is 12.9. The molecule has 0 radical (unpaired) electrons. The summed E-state index contributed by atoms with van der Waals surface area (Å²) in [6.45, 7) is 1.05. The number of carbonyl (C=O) groups excluding carboxylic acids is 1. The lowest BCUT2D eigenvalue weighted by molar-refractivity contribution is -0.123. The molecular weight excluding hydrogens is 308 g/mol. The van der Waals surface area contributed by atoms with Gasteiger partial charge in [0.05, 0.1) is 26.4 Å². The molecule has 0 aromatic heterocycles. The minimum Gasteiger partial charge on any atom is -0.496 e. The molecule has 0 bridgehead atoms. The van der Waals surface area contributed by atoms with Crippen molar-refractivity contribution in [2.45, 2.75) is 24.8 Å². The predicted molar refractivity (Wildman–Crippen MR) is 86.1 cm³/mol. The topological polar surface area (TPSA) is 82.8 Å². The van der Waals surface area contributed by atoms with Crippen LogP contribution >= 0.6 is 12.4 Å². The number of amides is 1. The van der Waals surface area contributed by atoms with Gasteiger partial charge in [0, 0.05) is 24.7 Å². The molecule has 7 heteroatoms. The van der Waals surface area contributed by atoms with Crippen LogP contribution in [-0.2, 0) is 4.79 Å². The first-order valence-corrected chi connectivity index (χ1v) is 7.00. The molecule has 1 aromatic rings. The highest BCUT2D eigenvalue weighted by Crippen LogP contribution is 2.32. The molecule has 1 aromatic carbocycles. The van der Waals surface area contributed by atoms with Crippen molar-refractivity contribution in [1.29, 1.82) is 0 Å². The quantitative estimate of drug-likeness (QED) is 0.706. The van der Waals surface area contributed by atoms with Crippen LogP contribution in [0.1, 0.15) is 19.3 Å². The number of hydrogen-bond donors (Lipinski definition) is 2. The van der Waals surface area contributed by atoms with E-state index in [1.54, 1.807) is 32.4 Å². The van der Waals surface area contributed by atoms with Gasteiger partial charge in [-0.05, 0) is 19.3 Å². The van der Waals surface area contributed by atoms with E-state index in [0.717, 1.165) is 12.8 Å². The lowest BCUT2D eigenvalue weighted by Crippen LogP contribution is -2.43. The van der Waals surface area contributed by atoms with Crippen LogP contribution in [0, 0.1) is 0 Å². The van der Waals surface area contributed by atoms with E-state index >= 15 is 0 Å². The van der Waals surface area contributed by atoms with Gasteiger partial charge in [0.25, 0.3) is 0 Å². The summed E-state index contributed by atoms with van der Waals surface area (Å²) in [5, 5.41) is 2.82. The van der Waals surface area contributed by atoms with Crippen molar-refractivity contribution in [3.63, 3.8) is 0 Å². The Kier molecular flexibility index (Phi) is 6.77. The zero-order valence-corrected chi connectivity index (χ0v) is 13.7. The number of nitrogens with two attached hydrogens (primary N) is 1. The molecule has 0 atom stereocenters. The monoisotopic (exact) mass is 330 g/mol. The van der Waals surface area contributed by atoms with Gasteiger partial charge in [0.2, 0.25) is 5.91 Å². The number of ether oxygens (including phenoxy) is 3. The molecule has 0 heterocycles. The molecule has 1 aliphatic rings. The summed E-state index contributed by atoms with van der Waals surface area (Å²) in [6.07, 6.45) is 2.26. The first-order chi connectivity index (χ1) is 10.1. The molecule has 0 unspecified atom stereocenters. The van der Waals surface area contributed by atoms with Gasteiger partial charge < -0.3 is 25.3 Å². The second-order valence-electron chi connectivity index (χ2n) is 5.16.